The lowest BCUT2D eigenvalue weighted by atomic mass is 10.2. The van der Waals surface area contributed by atoms with Crippen molar-refractivity contribution in [3.05, 3.63) is 82.7 Å². The second-order valence-electron chi connectivity index (χ2n) is 6.49. The normalized spacial score (nSPS) is 10.9. The van der Waals surface area contributed by atoms with Crippen molar-refractivity contribution in [2.75, 3.05) is 0 Å². The molecule has 0 atom stereocenters. The summed E-state index contributed by atoms with van der Waals surface area (Å²) in [5.41, 5.74) is 2.82. The van der Waals surface area contributed by atoms with Crippen LogP contribution in [0.15, 0.2) is 55.0 Å². The predicted octanol–water partition coefficient (Wildman–Crippen LogP) is 3.05. The van der Waals surface area contributed by atoms with E-state index in [1.165, 1.54) is 0 Å². The molecular formula is C20H18ClN7O. The van der Waals surface area contributed by atoms with Crippen LogP contribution in [0.1, 0.15) is 27.4 Å². The highest BCUT2D eigenvalue weighted by Gasteiger charge is 2.15. The summed E-state index contributed by atoms with van der Waals surface area (Å²) in [5.74, 6) is 0.843. The highest BCUT2D eigenvalue weighted by atomic mass is 35.5. The zero-order valence-electron chi connectivity index (χ0n) is 15.9. The van der Waals surface area contributed by atoms with Gasteiger partial charge in [-0.1, -0.05) is 11.6 Å². The van der Waals surface area contributed by atoms with Crippen LogP contribution in [0.3, 0.4) is 0 Å². The first kappa shape index (κ1) is 18.8. The minimum Gasteiger partial charge on any atom is -0.347 e. The number of carbonyl (C=O) groups is 1. The fraction of sp³-hybridized carbons (Fsp3) is 0.150. The summed E-state index contributed by atoms with van der Waals surface area (Å²) in [6.45, 7) is 4.13. The molecule has 9 heteroatoms. The zero-order chi connectivity index (χ0) is 20.4. The monoisotopic (exact) mass is 407 g/mol. The number of hydrogen-bond donors (Lipinski definition) is 1. The molecule has 0 bridgehead atoms. The Bertz CT molecular complexity index is 1170. The highest BCUT2D eigenvalue weighted by Crippen LogP contribution is 2.18. The number of pyridine rings is 2. The lowest BCUT2D eigenvalue weighted by Crippen LogP contribution is -2.25. The molecule has 4 aromatic rings. The molecule has 0 saturated carbocycles. The van der Waals surface area contributed by atoms with Crippen molar-refractivity contribution in [2.24, 2.45) is 0 Å². The fourth-order valence-electron chi connectivity index (χ4n) is 2.94. The smallest absolute Gasteiger partial charge is 0.271 e. The summed E-state index contributed by atoms with van der Waals surface area (Å²) in [4.78, 5) is 21.4. The summed E-state index contributed by atoms with van der Waals surface area (Å²) in [7, 11) is 0. The van der Waals surface area contributed by atoms with Gasteiger partial charge < -0.3 is 5.32 Å². The molecule has 1 N–H and O–H groups in total. The van der Waals surface area contributed by atoms with E-state index in [0.717, 1.165) is 17.0 Å². The second-order valence-corrected chi connectivity index (χ2v) is 6.90. The molecule has 8 nitrogen and oxygen atoms in total. The Kier molecular flexibility index (Phi) is 5.09. The molecule has 4 rings (SSSR count). The van der Waals surface area contributed by atoms with Gasteiger partial charge >= 0.3 is 0 Å². The maximum absolute atomic E-state index is 12.7. The van der Waals surface area contributed by atoms with Gasteiger partial charge in [-0.05, 0) is 55.8 Å². The molecule has 0 radical (unpaired) electrons. The van der Waals surface area contributed by atoms with Gasteiger partial charge in [0, 0.05) is 30.8 Å². The Labute approximate surface area is 172 Å². The number of nitrogens with zero attached hydrogens (tertiary/aromatic N) is 6. The first-order chi connectivity index (χ1) is 14.0. The van der Waals surface area contributed by atoms with Crippen LogP contribution in [-0.4, -0.2) is 35.4 Å². The van der Waals surface area contributed by atoms with Crippen molar-refractivity contribution in [1.29, 1.82) is 0 Å². The summed E-state index contributed by atoms with van der Waals surface area (Å²) in [6, 6.07) is 10.8. The van der Waals surface area contributed by atoms with Crippen molar-refractivity contribution < 1.29 is 4.79 Å². The van der Waals surface area contributed by atoms with Gasteiger partial charge in [0.2, 0.25) is 0 Å². The minimum atomic E-state index is -0.365. The van der Waals surface area contributed by atoms with Gasteiger partial charge in [0.15, 0.2) is 11.6 Å². The number of nitrogens with one attached hydrogen (secondary N) is 1. The van der Waals surface area contributed by atoms with E-state index in [2.05, 4.69) is 25.5 Å². The highest BCUT2D eigenvalue weighted by molar-refractivity contribution is 6.33. The molecule has 0 fully saturated rings. The number of aryl methyl sites for hydroxylation is 2. The third-order valence-corrected chi connectivity index (χ3v) is 4.58. The number of aromatic nitrogens is 6. The van der Waals surface area contributed by atoms with Gasteiger partial charge in [-0.2, -0.15) is 10.2 Å². The summed E-state index contributed by atoms with van der Waals surface area (Å²) < 4.78 is 3.34. The summed E-state index contributed by atoms with van der Waals surface area (Å²) >= 11 is 6.22. The van der Waals surface area contributed by atoms with Crippen molar-refractivity contribution in [2.45, 2.75) is 20.4 Å². The molecule has 4 aromatic heterocycles. The fourth-order valence-corrected chi connectivity index (χ4v) is 3.13. The maximum Gasteiger partial charge on any atom is 0.271 e. The van der Waals surface area contributed by atoms with E-state index in [1.54, 1.807) is 40.1 Å². The summed E-state index contributed by atoms with van der Waals surface area (Å²) in [5, 5.41) is 11.7. The van der Waals surface area contributed by atoms with Crippen LogP contribution in [-0.2, 0) is 6.54 Å². The largest absolute Gasteiger partial charge is 0.347 e. The lowest BCUT2D eigenvalue weighted by Gasteiger charge is -2.10. The number of halogens is 1. The standard InChI is InChI=1S/C20H18ClN7O/c1-13-10-14(2)28(26-13)17-5-4-16(21)19(25-17)20(29)23-12-15-6-8-22-18(11-15)27-9-3-7-24-27/h3-11H,12H2,1-2H3,(H,23,29). The molecule has 0 aromatic carbocycles. The van der Waals surface area contributed by atoms with Gasteiger partial charge in [-0.15, -0.1) is 0 Å². The molecule has 4 heterocycles. The van der Waals surface area contributed by atoms with E-state index in [0.29, 0.717) is 18.2 Å². The number of hydrogen-bond acceptors (Lipinski definition) is 5. The molecule has 0 spiro atoms. The molecule has 1 amide bonds. The van der Waals surface area contributed by atoms with E-state index in [1.807, 2.05) is 38.1 Å². The average Bonchev–Trinajstić information content (AvgIpc) is 3.36. The SMILES string of the molecule is Cc1cc(C)n(-c2ccc(Cl)c(C(=O)NCc3ccnc(-n4cccn4)c3)n2)n1. The average molecular weight is 408 g/mol. The van der Waals surface area contributed by atoms with Crippen LogP contribution >= 0.6 is 11.6 Å². The molecular weight excluding hydrogens is 390 g/mol. The van der Waals surface area contributed by atoms with Crippen LogP contribution in [0.2, 0.25) is 5.02 Å². The van der Waals surface area contributed by atoms with E-state index in [9.17, 15) is 4.79 Å². The predicted molar refractivity (Wildman–Crippen MR) is 108 cm³/mol. The van der Waals surface area contributed by atoms with Gasteiger partial charge in [0.05, 0.1) is 10.7 Å². The van der Waals surface area contributed by atoms with Gasteiger partial charge in [0.1, 0.15) is 5.69 Å². The topological polar surface area (TPSA) is 90.5 Å². The van der Waals surface area contributed by atoms with Crippen LogP contribution in [0.25, 0.3) is 11.6 Å². The van der Waals surface area contributed by atoms with Crippen molar-refractivity contribution >= 4 is 17.5 Å². The number of carbonyl (C=O) groups excluding carboxylic acids is 1. The summed E-state index contributed by atoms with van der Waals surface area (Å²) in [6.07, 6.45) is 5.16. The Hall–Kier alpha value is -3.52. The van der Waals surface area contributed by atoms with Gasteiger partial charge in [0.25, 0.3) is 5.91 Å². The van der Waals surface area contributed by atoms with Crippen LogP contribution in [0.4, 0.5) is 0 Å². The van der Waals surface area contributed by atoms with E-state index in [-0.39, 0.29) is 16.6 Å². The van der Waals surface area contributed by atoms with E-state index >= 15 is 0 Å². The second kappa shape index (κ2) is 7.84. The maximum atomic E-state index is 12.7. The first-order valence-corrected chi connectivity index (χ1v) is 9.32. The Balaban J connectivity index is 1.52. The third kappa shape index (κ3) is 4.02. The molecule has 0 unspecified atom stereocenters. The molecule has 29 heavy (non-hydrogen) atoms. The minimum absolute atomic E-state index is 0.151. The Morgan fingerprint density at radius 1 is 1.14 bits per heavy atom. The Morgan fingerprint density at radius 2 is 2.00 bits per heavy atom. The number of rotatable bonds is 5. The third-order valence-electron chi connectivity index (χ3n) is 4.28. The zero-order valence-corrected chi connectivity index (χ0v) is 16.6. The molecule has 0 aliphatic rings. The molecule has 0 saturated heterocycles. The van der Waals surface area contributed by atoms with E-state index in [4.69, 9.17) is 11.6 Å². The Morgan fingerprint density at radius 3 is 2.72 bits per heavy atom. The van der Waals surface area contributed by atoms with Gasteiger partial charge in [-0.3, -0.25) is 4.79 Å². The number of amides is 1. The lowest BCUT2D eigenvalue weighted by molar-refractivity contribution is 0.0946. The van der Waals surface area contributed by atoms with Crippen molar-refractivity contribution in [3.8, 4) is 11.6 Å². The van der Waals surface area contributed by atoms with Gasteiger partial charge in [-0.25, -0.2) is 19.3 Å². The van der Waals surface area contributed by atoms with E-state index < -0.39 is 0 Å². The molecule has 0 aliphatic heterocycles. The van der Waals surface area contributed by atoms with Crippen LogP contribution in [0, 0.1) is 13.8 Å². The van der Waals surface area contributed by atoms with Crippen LogP contribution < -0.4 is 5.32 Å². The van der Waals surface area contributed by atoms with Crippen molar-refractivity contribution in [3.63, 3.8) is 0 Å². The van der Waals surface area contributed by atoms with Crippen LogP contribution in [0.5, 0.6) is 0 Å². The van der Waals surface area contributed by atoms with Crippen molar-refractivity contribution in [1.82, 2.24) is 34.8 Å². The molecule has 146 valence electrons. The first-order valence-electron chi connectivity index (χ1n) is 8.94. The molecule has 0 aliphatic carbocycles. The quantitative estimate of drug-likeness (QED) is 0.549.